The Morgan fingerprint density at radius 1 is 0.692 bits per heavy atom. The molecule has 1 aliphatic rings. The van der Waals surface area contributed by atoms with Crippen molar-refractivity contribution in [2.24, 2.45) is 0 Å². The van der Waals surface area contributed by atoms with Crippen molar-refractivity contribution in [2.45, 2.75) is 43.9 Å². The lowest BCUT2D eigenvalue weighted by Gasteiger charge is -2.42. The summed E-state index contributed by atoms with van der Waals surface area (Å²) in [7, 11) is -1.44. The average Bonchev–Trinajstić information content (AvgIpc) is 3.45. The van der Waals surface area contributed by atoms with Crippen molar-refractivity contribution in [1.82, 2.24) is 4.44 Å². The normalized spacial score (nSPS) is 17.3. The summed E-state index contributed by atoms with van der Waals surface area (Å²) in [6.45, 7) is 3.30. The third-order valence-corrected chi connectivity index (χ3v) is 13.9. The molecule has 194 valence electrons. The summed E-state index contributed by atoms with van der Waals surface area (Å²) >= 11 is 0. The fourth-order valence-corrected chi connectivity index (χ4v) is 13.0. The summed E-state index contributed by atoms with van der Waals surface area (Å²) in [5, 5.41) is 21.5. The largest absolute Gasteiger partial charge is 0.251 e. The molecule has 2 atom stereocenters. The van der Waals surface area contributed by atoms with Crippen molar-refractivity contribution in [2.75, 3.05) is 6.54 Å². The fourth-order valence-electron chi connectivity index (χ4n) is 5.50. The van der Waals surface area contributed by atoms with Crippen LogP contribution in [0.2, 0.25) is 0 Å². The molecule has 1 aliphatic heterocycles. The van der Waals surface area contributed by atoms with E-state index in [0.29, 0.717) is 22.4 Å². The molecule has 5 heteroatoms. The Balaban J connectivity index is 1.68. The van der Waals surface area contributed by atoms with Crippen LogP contribution in [0.3, 0.4) is 0 Å². The van der Waals surface area contributed by atoms with E-state index in [2.05, 4.69) is 108 Å². The number of nitriles is 2. The third kappa shape index (κ3) is 6.14. The molecule has 0 unspecified atom stereocenters. The second-order valence-corrected chi connectivity index (χ2v) is 14.8. The minimum absolute atomic E-state index is 0.491. The van der Waals surface area contributed by atoms with Crippen LogP contribution in [0.5, 0.6) is 0 Å². The van der Waals surface area contributed by atoms with Crippen LogP contribution in [-0.2, 0) is 0 Å². The molecule has 0 N–H and O–H groups in total. The Labute approximate surface area is 235 Å². The zero-order valence-electron chi connectivity index (χ0n) is 22.3. The van der Waals surface area contributed by atoms with E-state index in [1.54, 1.807) is 0 Å². The molecule has 1 heterocycles. The summed E-state index contributed by atoms with van der Waals surface area (Å²) in [6.07, 6.45) is 4.63. The SMILES string of the molecule is CCCCN(P(c1ccc(C#N)cc1)c1ccc(C#N)cc1)P1[C@H](c2ccccc2)CC[C@H]1c1ccccc1. The van der Waals surface area contributed by atoms with E-state index in [1.165, 1.54) is 34.6 Å². The van der Waals surface area contributed by atoms with Crippen LogP contribution < -0.4 is 10.6 Å². The number of nitrogens with zero attached hydrogens (tertiary/aromatic N) is 3. The molecule has 3 nitrogen and oxygen atoms in total. The van der Waals surface area contributed by atoms with E-state index in [9.17, 15) is 10.5 Å². The van der Waals surface area contributed by atoms with Gasteiger partial charge in [0.1, 0.15) is 0 Å². The number of unbranched alkanes of at least 4 members (excludes halogenated alkanes) is 1. The first-order valence-corrected chi connectivity index (χ1v) is 16.4. The van der Waals surface area contributed by atoms with Gasteiger partial charge in [0.25, 0.3) is 0 Å². The highest BCUT2D eigenvalue weighted by atomic mass is 31.2. The Morgan fingerprint density at radius 3 is 1.51 bits per heavy atom. The maximum atomic E-state index is 9.48. The molecule has 5 rings (SSSR count). The smallest absolute Gasteiger partial charge is 0.0991 e. The monoisotopic (exact) mass is 545 g/mol. The Morgan fingerprint density at radius 2 is 1.13 bits per heavy atom. The van der Waals surface area contributed by atoms with Crippen LogP contribution in [-0.4, -0.2) is 11.0 Å². The number of rotatable bonds is 9. The van der Waals surface area contributed by atoms with Crippen LogP contribution in [0, 0.1) is 22.7 Å². The topological polar surface area (TPSA) is 50.8 Å². The van der Waals surface area contributed by atoms with Gasteiger partial charge >= 0.3 is 0 Å². The van der Waals surface area contributed by atoms with E-state index in [4.69, 9.17) is 0 Å². The summed E-state index contributed by atoms with van der Waals surface area (Å²) in [5.41, 5.74) is 5.24. The quantitative estimate of drug-likeness (QED) is 0.198. The van der Waals surface area contributed by atoms with Gasteiger partial charge in [-0.1, -0.05) is 98.3 Å². The lowest BCUT2D eigenvalue weighted by atomic mass is 10.0. The molecule has 0 bridgehead atoms. The van der Waals surface area contributed by atoms with Gasteiger partial charge in [0.15, 0.2) is 0 Å². The van der Waals surface area contributed by atoms with Gasteiger partial charge in [0.05, 0.1) is 23.3 Å². The number of hydrogen-bond donors (Lipinski definition) is 0. The highest BCUT2D eigenvalue weighted by Crippen LogP contribution is 2.76. The lowest BCUT2D eigenvalue weighted by Crippen LogP contribution is -2.28. The minimum Gasteiger partial charge on any atom is -0.251 e. The number of benzene rings is 4. The Kier molecular flexibility index (Phi) is 9.19. The second-order valence-electron chi connectivity index (χ2n) is 9.89. The molecule has 39 heavy (non-hydrogen) atoms. The zero-order chi connectivity index (χ0) is 27.0. The van der Waals surface area contributed by atoms with Crippen molar-refractivity contribution < 1.29 is 0 Å². The van der Waals surface area contributed by atoms with Gasteiger partial charge in [-0.25, -0.2) is 0 Å². The molecule has 1 fully saturated rings. The second kappa shape index (κ2) is 13.2. The predicted molar refractivity (Wildman–Crippen MR) is 165 cm³/mol. The Hall–Kier alpha value is -3.32. The first-order chi connectivity index (χ1) is 19.2. The molecular weight excluding hydrogens is 512 g/mol. The van der Waals surface area contributed by atoms with Gasteiger partial charge in [-0.05, 0) is 73.3 Å². The minimum atomic E-state index is -0.862. The van der Waals surface area contributed by atoms with Gasteiger partial charge < -0.3 is 0 Å². The summed E-state index contributed by atoms with van der Waals surface area (Å²) < 4.78 is 2.87. The van der Waals surface area contributed by atoms with E-state index < -0.39 is 16.1 Å². The van der Waals surface area contributed by atoms with Crippen LogP contribution in [0.1, 0.15) is 66.2 Å². The van der Waals surface area contributed by atoms with Gasteiger partial charge in [-0.3, -0.25) is 4.44 Å². The molecule has 0 spiro atoms. The molecule has 4 aromatic rings. The van der Waals surface area contributed by atoms with E-state index in [0.717, 1.165) is 19.4 Å². The summed E-state index contributed by atoms with van der Waals surface area (Å²) in [4.78, 5) is 0. The summed E-state index contributed by atoms with van der Waals surface area (Å²) in [6, 6.07) is 43.2. The zero-order valence-corrected chi connectivity index (χ0v) is 24.1. The van der Waals surface area contributed by atoms with Gasteiger partial charge in [0, 0.05) is 25.9 Å². The molecular formula is C34H33N3P2. The highest BCUT2D eigenvalue weighted by Gasteiger charge is 2.44. The standard InChI is InChI=1S/C34H33N3P2/c1-2-3-24-37(38(31-18-14-27(25-35)15-19-31)32-20-16-28(26-36)17-21-32)39-33(29-10-6-4-7-11-29)22-23-34(39)30-12-8-5-9-13-30/h4-21,33-34H,2-3,22-24H2,1H3/t33-,34-/m0/s1. The van der Waals surface area contributed by atoms with Crippen molar-refractivity contribution in [1.29, 1.82) is 10.5 Å². The summed E-state index contributed by atoms with van der Waals surface area (Å²) in [5.74, 6) is 0. The van der Waals surface area contributed by atoms with Gasteiger partial charge in [-0.2, -0.15) is 10.5 Å². The van der Waals surface area contributed by atoms with Crippen LogP contribution in [0.15, 0.2) is 109 Å². The van der Waals surface area contributed by atoms with Crippen LogP contribution in [0.25, 0.3) is 0 Å². The van der Waals surface area contributed by atoms with E-state index >= 15 is 0 Å². The molecule has 0 saturated carbocycles. The van der Waals surface area contributed by atoms with E-state index in [-0.39, 0.29) is 0 Å². The molecule has 0 aromatic heterocycles. The van der Waals surface area contributed by atoms with Crippen molar-refractivity contribution in [3.8, 4) is 12.1 Å². The molecule has 4 aromatic carbocycles. The van der Waals surface area contributed by atoms with Crippen molar-refractivity contribution in [3.63, 3.8) is 0 Å². The first-order valence-electron chi connectivity index (χ1n) is 13.7. The molecule has 1 saturated heterocycles. The number of hydrogen-bond acceptors (Lipinski definition) is 3. The van der Waals surface area contributed by atoms with Crippen LogP contribution >= 0.6 is 16.1 Å². The first kappa shape index (κ1) is 27.3. The van der Waals surface area contributed by atoms with Crippen molar-refractivity contribution in [3.05, 3.63) is 131 Å². The van der Waals surface area contributed by atoms with Crippen LogP contribution in [0.4, 0.5) is 0 Å². The van der Waals surface area contributed by atoms with Gasteiger partial charge in [-0.15, -0.1) is 0 Å². The maximum absolute atomic E-state index is 9.48. The molecule has 0 amide bonds. The average molecular weight is 546 g/mol. The highest BCUT2D eigenvalue weighted by molar-refractivity contribution is 7.79. The van der Waals surface area contributed by atoms with Crippen molar-refractivity contribution >= 4 is 26.8 Å². The predicted octanol–water partition coefficient (Wildman–Crippen LogP) is 8.55. The fraction of sp³-hybridized carbons (Fsp3) is 0.235. The molecule has 0 aliphatic carbocycles. The van der Waals surface area contributed by atoms with Gasteiger partial charge in [0.2, 0.25) is 0 Å². The molecule has 0 radical (unpaired) electrons. The Bertz CT molecular complexity index is 1320. The maximum Gasteiger partial charge on any atom is 0.0991 e. The third-order valence-electron chi connectivity index (χ3n) is 7.41. The van der Waals surface area contributed by atoms with E-state index in [1.807, 2.05) is 24.3 Å². The lowest BCUT2D eigenvalue weighted by molar-refractivity contribution is 0.632.